The van der Waals surface area contributed by atoms with E-state index in [0.29, 0.717) is 29.4 Å². The minimum Gasteiger partial charge on any atom is -0.454 e. The number of benzene rings is 2. The Bertz CT molecular complexity index is 1180. The molecule has 1 aromatic heterocycles. The Hall–Kier alpha value is -3.79. The lowest BCUT2D eigenvalue weighted by Gasteiger charge is -2.07. The van der Waals surface area contributed by atoms with Crippen LogP contribution in [0.25, 0.3) is 0 Å². The van der Waals surface area contributed by atoms with Gasteiger partial charge in [0.1, 0.15) is 0 Å². The molecule has 0 fully saturated rings. The van der Waals surface area contributed by atoms with Crippen LogP contribution in [0.5, 0.6) is 11.5 Å². The number of hydrogen-bond donors (Lipinski definition) is 3. The molecule has 0 spiro atoms. The Morgan fingerprint density at radius 3 is 2.69 bits per heavy atom. The van der Waals surface area contributed by atoms with Gasteiger partial charge in [-0.3, -0.25) is 14.4 Å². The fraction of sp³-hybridized carbons (Fsp3) is 0.182. The van der Waals surface area contributed by atoms with Crippen LogP contribution < -0.4 is 25.7 Å². The third-order valence-corrected chi connectivity index (χ3v) is 5.32. The number of carbonyl (C=O) groups is 2. The van der Waals surface area contributed by atoms with E-state index in [1.165, 1.54) is 6.07 Å². The van der Waals surface area contributed by atoms with Crippen molar-refractivity contribution in [1.29, 1.82) is 0 Å². The number of ether oxygens (including phenoxy) is 2. The van der Waals surface area contributed by atoms with Crippen molar-refractivity contribution < 1.29 is 19.1 Å². The fourth-order valence-corrected chi connectivity index (χ4v) is 3.67. The van der Waals surface area contributed by atoms with Crippen molar-refractivity contribution in [2.45, 2.75) is 18.1 Å². The van der Waals surface area contributed by atoms with Gasteiger partial charge in [0.05, 0.1) is 17.9 Å². The van der Waals surface area contributed by atoms with Crippen molar-refractivity contribution in [2.24, 2.45) is 0 Å². The SMILES string of the molecule is O=C(Cc1cc(=O)[nH]c(SCC(=O)Nc2ccc3c(c2)OCO3)n1)NCc1ccccc1. The van der Waals surface area contributed by atoms with E-state index in [9.17, 15) is 14.4 Å². The number of fused-ring (bicyclic) bond motifs is 1. The van der Waals surface area contributed by atoms with E-state index in [4.69, 9.17) is 9.47 Å². The second-order valence-electron chi connectivity index (χ2n) is 6.89. The number of rotatable bonds is 8. The van der Waals surface area contributed by atoms with Crippen LogP contribution in [0.15, 0.2) is 64.5 Å². The van der Waals surface area contributed by atoms with Gasteiger partial charge in [-0.25, -0.2) is 4.98 Å². The molecule has 4 rings (SSSR count). The Kier molecular flexibility index (Phi) is 6.71. The average Bonchev–Trinajstić information content (AvgIpc) is 3.25. The van der Waals surface area contributed by atoms with Gasteiger partial charge < -0.3 is 25.1 Å². The van der Waals surface area contributed by atoms with E-state index in [-0.39, 0.29) is 41.5 Å². The van der Waals surface area contributed by atoms with E-state index in [0.717, 1.165) is 17.3 Å². The molecular formula is C22H20N4O5S. The summed E-state index contributed by atoms with van der Waals surface area (Å²) in [4.78, 5) is 43.3. The van der Waals surface area contributed by atoms with Crippen LogP contribution in [0.3, 0.4) is 0 Å². The van der Waals surface area contributed by atoms with Crippen molar-refractivity contribution >= 4 is 29.3 Å². The molecule has 1 aliphatic heterocycles. The van der Waals surface area contributed by atoms with E-state index in [1.54, 1.807) is 18.2 Å². The number of nitrogens with one attached hydrogen (secondary N) is 3. The van der Waals surface area contributed by atoms with Crippen LogP contribution >= 0.6 is 11.8 Å². The van der Waals surface area contributed by atoms with Gasteiger partial charge in [-0.05, 0) is 17.7 Å². The van der Waals surface area contributed by atoms with Crippen molar-refractivity contribution in [1.82, 2.24) is 15.3 Å². The second kappa shape index (κ2) is 10.0. The summed E-state index contributed by atoms with van der Waals surface area (Å²) >= 11 is 1.07. The predicted octanol–water partition coefficient (Wildman–Crippen LogP) is 2.09. The Labute approximate surface area is 187 Å². The van der Waals surface area contributed by atoms with Gasteiger partial charge in [0.15, 0.2) is 16.7 Å². The molecule has 9 nitrogen and oxygen atoms in total. The molecule has 0 bridgehead atoms. The van der Waals surface area contributed by atoms with Crippen molar-refractivity contribution in [3.8, 4) is 11.5 Å². The normalized spacial score (nSPS) is 11.8. The zero-order chi connectivity index (χ0) is 22.3. The highest BCUT2D eigenvalue weighted by atomic mass is 32.2. The molecule has 2 heterocycles. The lowest BCUT2D eigenvalue weighted by Crippen LogP contribution is -2.26. The van der Waals surface area contributed by atoms with Crippen molar-refractivity contribution in [3.63, 3.8) is 0 Å². The fourth-order valence-electron chi connectivity index (χ4n) is 2.97. The maximum atomic E-state index is 12.3. The van der Waals surface area contributed by atoms with Gasteiger partial charge in [0, 0.05) is 24.4 Å². The number of carbonyl (C=O) groups excluding carboxylic acids is 2. The number of aromatic nitrogens is 2. The Balaban J connectivity index is 1.29. The first-order chi connectivity index (χ1) is 15.5. The van der Waals surface area contributed by atoms with Crippen LogP contribution in [0.4, 0.5) is 5.69 Å². The lowest BCUT2D eigenvalue weighted by molar-refractivity contribution is -0.120. The molecule has 164 valence electrons. The van der Waals surface area contributed by atoms with Crippen LogP contribution in [-0.4, -0.2) is 34.3 Å². The lowest BCUT2D eigenvalue weighted by atomic mass is 10.2. The molecule has 10 heteroatoms. The van der Waals surface area contributed by atoms with E-state index < -0.39 is 0 Å². The predicted molar refractivity (Wildman–Crippen MR) is 119 cm³/mol. The number of anilines is 1. The molecular weight excluding hydrogens is 432 g/mol. The summed E-state index contributed by atoms with van der Waals surface area (Å²) in [6.45, 7) is 0.548. The first-order valence-electron chi connectivity index (χ1n) is 9.78. The number of hydrogen-bond acceptors (Lipinski definition) is 7. The standard InChI is InChI=1S/C22H20N4O5S/c27-19(23-11-14-4-2-1-3-5-14)9-16-10-20(28)26-22(25-16)32-12-21(29)24-15-6-7-17-18(8-15)31-13-30-17/h1-8,10H,9,11-13H2,(H,23,27)(H,24,29)(H,25,26,28). The third-order valence-electron chi connectivity index (χ3n) is 4.44. The maximum absolute atomic E-state index is 12.3. The van der Waals surface area contributed by atoms with Crippen LogP contribution in [-0.2, 0) is 22.6 Å². The summed E-state index contributed by atoms with van der Waals surface area (Å²) in [6.07, 6.45) is -0.0340. The molecule has 3 aromatic rings. The molecule has 1 aliphatic rings. The number of H-pyrrole nitrogens is 1. The van der Waals surface area contributed by atoms with Gasteiger partial charge >= 0.3 is 0 Å². The van der Waals surface area contributed by atoms with Crippen molar-refractivity contribution in [2.75, 3.05) is 17.9 Å². The second-order valence-corrected chi connectivity index (χ2v) is 7.85. The summed E-state index contributed by atoms with van der Waals surface area (Å²) in [7, 11) is 0. The van der Waals surface area contributed by atoms with Crippen molar-refractivity contribution in [3.05, 3.63) is 76.2 Å². The Morgan fingerprint density at radius 2 is 1.84 bits per heavy atom. The van der Waals surface area contributed by atoms with Gasteiger partial charge in [0.2, 0.25) is 18.6 Å². The van der Waals surface area contributed by atoms with Gasteiger partial charge in [-0.1, -0.05) is 42.1 Å². The first kappa shape index (κ1) is 21.4. The number of thioether (sulfide) groups is 1. The van der Waals surface area contributed by atoms with Crippen LogP contribution in [0.1, 0.15) is 11.3 Å². The highest BCUT2D eigenvalue weighted by molar-refractivity contribution is 7.99. The van der Waals surface area contributed by atoms with Gasteiger partial charge in [0.25, 0.3) is 5.56 Å². The van der Waals surface area contributed by atoms with Gasteiger partial charge in [-0.2, -0.15) is 0 Å². The Morgan fingerprint density at radius 1 is 1.03 bits per heavy atom. The zero-order valence-corrected chi connectivity index (χ0v) is 17.7. The number of amides is 2. The molecule has 2 aromatic carbocycles. The van der Waals surface area contributed by atoms with Crippen LogP contribution in [0, 0.1) is 0 Å². The molecule has 0 saturated carbocycles. The number of aromatic amines is 1. The molecule has 0 aliphatic carbocycles. The summed E-state index contributed by atoms with van der Waals surface area (Å²) < 4.78 is 10.5. The first-order valence-corrected chi connectivity index (χ1v) is 10.8. The maximum Gasteiger partial charge on any atom is 0.251 e. The monoisotopic (exact) mass is 452 g/mol. The summed E-state index contributed by atoms with van der Waals surface area (Å²) in [5.41, 5.74) is 1.50. The topological polar surface area (TPSA) is 122 Å². The minimum atomic E-state index is -0.385. The highest BCUT2D eigenvalue weighted by Gasteiger charge is 2.15. The molecule has 0 radical (unpaired) electrons. The summed E-state index contributed by atoms with van der Waals surface area (Å²) in [6, 6.07) is 15.9. The van der Waals surface area contributed by atoms with E-state index in [2.05, 4.69) is 20.6 Å². The summed E-state index contributed by atoms with van der Waals surface area (Å²) in [5, 5.41) is 5.82. The minimum absolute atomic E-state index is 0.0288. The van der Waals surface area contributed by atoms with E-state index >= 15 is 0 Å². The third kappa shape index (κ3) is 5.88. The molecule has 2 amide bonds. The molecule has 32 heavy (non-hydrogen) atoms. The highest BCUT2D eigenvalue weighted by Crippen LogP contribution is 2.34. The smallest absolute Gasteiger partial charge is 0.251 e. The largest absolute Gasteiger partial charge is 0.454 e. The molecule has 0 unspecified atom stereocenters. The molecule has 0 atom stereocenters. The number of nitrogens with zero attached hydrogens (tertiary/aromatic N) is 1. The van der Waals surface area contributed by atoms with E-state index in [1.807, 2.05) is 30.3 Å². The average molecular weight is 452 g/mol. The zero-order valence-electron chi connectivity index (χ0n) is 16.9. The van der Waals surface area contributed by atoms with Gasteiger partial charge in [-0.15, -0.1) is 0 Å². The molecule has 3 N–H and O–H groups in total. The quantitative estimate of drug-likeness (QED) is 0.353. The molecule has 0 saturated heterocycles. The summed E-state index contributed by atoms with van der Waals surface area (Å²) in [5.74, 6) is 0.704. The van der Waals surface area contributed by atoms with Crippen LogP contribution in [0.2, 0.25) is 0 Å².